The lowest BCUT2D eigenvalue weighted by molar-refractivity contribution is 0.413. The highest BCUT2D eigenvalue weighted by Crippen LogP contribution is 2.21. The lowest BCUT2D eigenvalue weighted by Crippen LogP contribution is -2.03. The van der Waals surface area contributed by atoms with E-state index in [-0.39, 0.29) is 17.9 Å². The molecule has 0 bridgehead atoms. The van der Waals surface area contributed by atoms with Crippen molar-refractivity contribution in [1.82, 2.24) is 19.7 Å². The van der Waals surface area contributed by atoms with Gasteiger partial charge in [0.15, 0.2) is 17.2 Å². The number of benzene rings is 1. The Bertz CT molecular complexity index is 911. The molecule has 0 unspecified atom stereocenters. The number of nitriles is 2. The maximum atomic E-state index is 9.09. The molecule has 0 saturated heterocycles. The molecule has 112 valence electrons. The number of hydrogen-bond donors (Lipinski definition) is 0. The number of aromatic nitrogens is 4. The fourth-order valence-electron chi connectivity index (χ4n) is 2.02. The van der Waals surface area contributed by atoms with E-state index >= 15 is 0 Å². The Morgan fingerprint density at radius 3 is 2.65 bits per heavy atom. The van der Waals surface area contributed by atoms with Gasteiger partial charge in [0.05, 0.1) is 20.0 Å². The molecule has 3 rings (SSSR count). The van der Waals surface area contributed by atoms with E-state index in [4.69, 9.17) is 19.8 Å². The van der Waals surface area contributed by atoms with Gasteiger partial charge in [-0.1, -0.05) is 5.16 Å². The van der Waals surface area contributed by atoms with Gasteiger partial charge in [-0.3, -0.25) is 0 Å². The van der Waals surface area contributed by atoms with Crippen molar-refractivity contribution in [2.75, 3.05) is 7.11 Å². The molecule has 0 aliphatic rings. The topological polar surface area (TPSA) is 114 Å². The zero-order chi connectivity index (χ0) is 16.2. The summed E-state index contributed by atoms with van der Waals surface area (Å²) >= 11 is 0. The van der Waals surface area contributed by atoms with Crippen molar-refractivity contribution in [2.24, 2.45) is 0 Å². The Balaban J connectivity index is 1.84. The highest BCUT2D eigenvalue weighted by atomic mass is 16.5. The Kier molecular flexibility index (Phi) is 3.73. The molecule has 8 nitrogen and oxygen atoms in total. The number of methoxy groups -OCH3 is 1. The van der Waals surface area contributed by atoms with Crippen molar-refractivity contribution in [2.45, 2.75) is 6.54 Å². The first-order chi connectivity index (χ1) is 11.2. The standard InChI is InChI=1S/C15H10N6O2/c1-22-11-4-2-10(3-5-11)15-19-14(20-23-15)8-21-9-18-12(6-16)13(21)7-17/h2-5,9H,8H2,1H3. The Labute approximate surface area is 131 Å². The zero-order valence-corrected chi connectivity index (χ0v) is 12.1. The second kappa shape index (κ2) is 6.00. The molecular formula is C15H10N6O2. The average molecular weight is 306 g/mol. The lowest BCUT2D eigenvalue weighted by Gasteiger charge is -1.99. The molecular weight excluding hydrogens is 296 g/mol. The van der Waals surface area contributed by atoms with Crippen LogP contribution in [0.2, 0.25) is 0 Å². The summed E-state index contributed by atoms with van der Waals surface area (Å²) in [6, 6.07) is 11.0. The number of ether oxygens (including phenoxy) is 1. The van der Waals surface area contributed by atoms with Gasteiger partial charge < -0.3 is 13.8 Å². The average Bonchev–Trinajstić information content (AvgIpc) is 3.21. The molecule has 2 heterocycles. The minimum atomic E-state index is 0.0753. The zero-order valence-electron chi connectivity index (χ0n) is 12.1. The van der Waals surface area contributed by atoms with E-state index in [1.54, 1.807) is 19.2 Å². The minimum Gasteiger partial charge on any atom is -0.497 e. The quantitative estimate of drug-likeness (QED) is 0.721. The molecule has 0 aliphatic carbocycles. The Hall–Kier alpha value is -3.65. The van der Waals surface area contributed by atoms with Crippen LogP contribution in [0, 0.1) is 22.7 Å². The molecule has 3 aromatic rings. The molecule has 0 N–H and O–H groups in total. The fourth-order valence-corrected chi connectivity index (χ4v) is 2.02. The van der Waals surface area contributed by atoms with Crippen molar-refractivity contribution in [1.29, 1.82) is 10.5 Å². The van der Waals surface area contributed by atoms with Gasteiger partial charge in [-0.2, -0.15) is 15.5 Å². The van der Waals surface area contributed by atoms with Crippen LogP contribution in [0.4, 0.5) is 0 Å². The normalized spacial score (nSPS) is 10.0. The van der Waals surface area contributed by atoms with Gasteiger partial charge in [0.1, 0.15) is 17.9 Å². The SMILES string of the molecule is COc1ccc(-c2nc(Cn3cnc(C#N)c3C#N)no2)cc1. The molecule has 0 atom stereocenters. The number of hydrogen-bond acceptors (Lipinski definition) is 7. The lowest BCUT2D eigenvalue weighted by atomic mass is 10.2. The van der Waals surface area contributed by atoms with Gasteiger partial charge in [0.2, 0.25) is 0 Å². The number of rotatable bonds is 4. The van der Waals surface area contributed by atoms with Crippen LogP contribution in [-0.4, -0.2) is 26.8 Å². The summed E-state index contributed by atoms with van der Waals surface area (Å²) in [5.74, 6) is 1.48. The van der Waals surface area contributed by atoms with E-state index in [1.165, 1.54) is 10.9 Å². The second-order valence-electron chi connectivity index (χ2n) is 4.54. The van der Waals surface area contributed by atoms with E-state index in [9.17, 15) is 0 Å². The van der Waals surface area contributed by atoms with Crippen LogP contribution in [0.15, 0.2) is 35.1 Å². The highest BCUT2D eigenvalue weighted by molar-refractivity contribution is 5.54. The van der Waals surface area contributed by atoms with Crippen molar-refractivity contribution >= 4 is 0 Å². The van der Waals surface area contributed by atoms with Gasteiger partial charge in [0, 0.05) is 5.56 Å². The van der Waals surface area contributed by atoms with Gasteiger partial charge >= 0.3 is 0 Å². The van der Waals surface area contributed by atoms with Gasteiger partial charge in [-0.15, -0.1) is 0 Å². The van der Waals surface area contributed by atoms with Crippen LogP contribution in [0.25, 0.3) is 11.5 Å². The van der Waals surface area contributed by atoms with Crippen LogP contribution >= 0.6 is 0 Å². The Morgan fingerprint density at radius 1 is 1.22 bits per heavy atom. The molecule has 0 saturated carbocycles. The molecule has 0 aliphatic heterocycles. The third-order valence-electron chi connectivity index (χ3n) is 3.17. The van der Waals surface area contributed by atoms with Crippen molar-refractivity contribution in [3.8, 4) is 29.3 Å². The van der Waals surface area contributed by atoms with Crippen molar-refractivity contribution in [3.63, 3.8) is 0 Å². The van der Waals surface area contributed by atoms with E-state index < -0.39 is 0 Å². The summed E-state index contributed by atoms with van der Waals surface area (Å²) < 4.78 is 11.8. The summed E-state index contributed by atoms with van der Waals surface area (Å²) in [4.78, 5) is 8.15. The molecule has 1 aromatic carbocycles. The molecule has 8 heteroatoms. The minimum absolute atomic E-state index is 0.0753. The summed E-state index contributed by atoms with van der Waals surface area (Å²) in [6.07, 6.45) is 1.40. The molecule has 0 radical (unpaired) electrons. The van der Waals surface area contributed by atoms with Crippen LogP contribution < -0.4 is 4.74 Å². The van der Waals surface area contributed by atoms with Crippen LogP contribution in [0.3, 0.4) is 0 Å². The highest BCUT2D eigenvalue weighted by Gasteiger charge is 2.14. The summed E-state index contributed by atoms with van der Waals surface area (Å²) in [6.45, 7) is 0.192. The molecule has 0 fully saturated rings. The number of nitrogens with zero attached hydrogens (tertiary/aromatic N) is 6. The van der Waals surface area contributed by atoms with Gasteiger partial charge in [-0.05, 0) is 24.3 Å². The van der Waals surface area contributed by atoms with Crippen molar-refractivity contribution in [3.05, 3.63) is 47.8 Å². The van der Waals surface area contributed by atoms with Gasteiger partial charge in [0.25, 0.3) is 5.89 Å². The summed E-state index contributed by atoms with van der Waals surface area (Å²) in [5.41, 5.74) is 1.00. The largest absolute Gasteiger partial charge is 0.497 e. The molecule has 0 spiro atoms. The van der Waals surface area contributed by atoms with Gasteiger partial charge in [-0.25, -0.2) is 4.98 Å². The second-order valence-corrected chi connectivity index (χ2v) is 4.54. The third kappa shape index (κ3) is 2.74. The molecule has 2 aromatic heterocycles. The van der Waals surface area contributed by atoms with Crippen LogP contribution in [-0.2, 0) is 6.54 Å². The predicted octanol–water partition coefficient (Wildman–Crippen LogP) is 1.73. The fraction of sp³-hybridized carbons (Fsp3) is 0.133. The first-order valence-corrected chi connectivity index (χ1v) is 6.57. The van der Waals surface area contributed by atoms with Crippen LogP contribution in [0.1, 0.15) is 17.2 Å². The van der Waals surface area contributed by atoms with E-state index in [2.05, 4.69) is 15.1 Å². The number of imidazole rings is 1. The molecule has 23 heavy (non-hydrogen) atoms. The smallest absolute Gasteiger partial charge is 0.257 e. The predicted molar refractivity (Wildman–Crippen MR) is 77.0 cm³/mol. The maximum Gasteiger partial charge on any atom is 0.257 e. The monoisotopic (exact) mass is 306 g/mol. The van der Waals surface area contributed by atoms with Crippen LogP contribution in [0.5, 0.6) is 5.75 Å². The van der Waals surface area contributed by atoms with Crippen molar-refractivity contribution < 1.29 is 9.26 Å². The van der Waals surface area contributed by atoms with E-state index in [0.717, 1.165) is 11.3 Å². The molecule has 0 amide bonds. The van der Waals surface area contributed by atoms with E-state index in [0.29, 0.717) is 11.7 Å². The van der Waals surface area contributed by atoms with E-state index in [1.807, 2.05) is 24.3 Å². The summed E-state index contributed by atoms with van der Waals surface area (Å²) in [7, 11) is 1.59. The Morgan fingerprint density at radius 2 is 2.00 bits per heavy atom. The first kappa shape index (κ1) is 14.3. The third-order valence-corrected chi connectivity index (χ3v) is 3.17. The summed E-state index contributed by atoms with van der Waals surface area (Å²) in [5, 5.41) is 21.9. The maximum absolute atomic E-state index is 9.09. The first-order valence-electron chi connectivity index (χ1n) is 6.57.